The summed E-state index contributed by atoms with van der Waals surface area (Å²) in [5.41, 5.74) is -1.78. The summed E-state index contributed by atoms with van der Waals surface area (Å²) in [5, 5.41) is 0. The van der Waals surface area contributed by atoms with Crippen LogP contribution in [0.1, 0.15) is 5.56 Å². The zero-order chi connectivity index (χ0) is 14.5. The topological polar surface area (TPSA) is 21.3 Å². The molecule has 9 heteroatoms. The highest BCUT2D eigenvalue weighted by Crippen LogP contribution is 2.36. The average Bonchev–Trinajstić information content (AvgIpc) is 2.23. The van der Waals surface area contributed by atoms with Gasteiger partial charge < -0.3 is 0 Å². The monoisotopic (exact) mass is 305 g/mol. The molecule has 1 N–H and O–H groups in total. The molecular formula is C10H9F6NOS. The van der Waals surface area contributed by atoms with Crippen LogP contribution < -0.4 is 5.48 Å². The average molecular weight is 305 g/mol. The Kier molecular flexibility index (Phi) is 5.50. The molecule has 1 aromatic carbocycles. The summed E-state index contributed by atoms with van der Waals surface area (Å²) in [6.07, 6.45) is -4.43. The molecule has 0 saturated heterocycles. The molecule has 2 nitrogen and oxygen atoms in total. The van der Waals surface area contributed by atoms with E-state index in [0.29, 0.717) is 5.56 Å². The van der Waals surface area contributed by atoms with Crippen LogP contribution >= 0.6 is 11.8 Å². The first kappa shape index (κ1) is 16.1. The fraction of sp³-hybridized carbons (Fsp3) is 0.400. The minimum atomic E-state index is -4.43. The number of nitrogens with one attached hydrogen (secondary N) is 1. The predicted molar refractivity (Wildman–Crippen MR) is 57.2 cm³/mol. The van der Waals surface area contributed by atoms with Gasteiger partial charge in [0.05, 0.1) is 0 Å². The van der Waals surface area contributed by atoms with Crippen LogP contribution in [0, 0.1) is 0 Å². The fourth-order valence-corrected chi connectivity index (χ4v) is 1.62. The van der Waals surface area contributed by atoms with E-state index in [1.807, 2.05) is 0 Å². The first-order chi connectivity index (χ1) is 8.66. The van der Waals surface area contributed by atoms with E-state index in [0.717, 1.165) is 0 Å². The maximum Gasteiger partial charge on any atom is 0.446 e. The molecule has 108 valence electrons. The second-order valence-corrected chi connectivity index (χ2v) is 4.56. The van der Waals surface area contributed by atoms with E-state index in [-0.39, 0.29) is 23.2 Å². The van der Waals surface area contributed by atoms with Crippen molar-refractivity contribution in [3.05, 3.63) is 29.8 Å². The molecular weight excluding hydrogens is 296 g/mol. The van der Waals surface area contributed by atoms with Crippen LogP contribution in [0.5, 0.6) is 0 Å². The van der Waals surface area contributed by atoms with Gasteiger partial charge in [0, 0.05) is 11.4 Å². The van der Waals surface area contributed by atoms with Crippen molar-refractivity contribution in [3.63, 3.8) is 0 Å². The Labute approximate surface area is 109 Å². The third-order valence-electron chi connectivity index (χ3n) is 1.77. The van der Waals surface area contributed by atoms with Gasteiger partial charge in [-0.25, -0.2) is 0 Å². The predicted octanol–water partition coefficient (Wildman–Crippen LogP) is 3.88. The Balaban J connectivity index is 2.36. The lowest BCUT2D eigenvalue weighted by Crippen LogP contribution is -2.24. The van der Waals surface area contributed by atoms with Crippen molar-refractivity contribution in [3.8, 4) is 0 Å². The van der Waals surface area contributed by atoms with Gasteiger partial charge in [-0.1, -0.05) is 12.1 Å². The molecule has 0 fully saturated rings. The molecule has 1 rings (SSSR count). The number of hydrogen-bond donors (Lipinski definition) is 1. The minimum absolute atomic E-state index is 0.00691. The van der Waals surface area contributed by atoms with E-state index in [4.69, 9.17) is 0 Å². The first-order valence-electron chi connectivity index (χ1n) is 4.92. The first-order valence-corrected chi connectivity index (χ1v) is 5.73. The van der Waals surface area contributed by atoms with Crippen LogP contribution in [0.2, 0.25) is 0 Å². The van der Waals surface area contributed by atoms with Gasteiger partial charge in [-0.2, -0.15) is 31.8 Å². The highest BCUT2D eigenvalue weighted by atomic mass is 32.2. The SMILES string of the molecule is FC(F)(F)CONCc1ccc(SC(F)(F)F)cc1. The molecule has 0 bridgehead atoms. The minimum Gasteiger partial charge on any atom is -0.292 e. The lowest BCUT2D eigenvalue weighted by atomic mass is 10.2. The lowest BCUT2D eigenvalue weighted by Gasteiger charge is -2.09. The van der Waals surface area contributed by atoms with Gasteiger partial charge in [0.15, 0.2) is 6.61 Å². The van der Waals surface area contributed by atoms with Gasteiger partial charge in [0.2, 0.25) is 0 Å². The lowest BCUT2D eigenvalue weighted by molar-refractivity contribution is -0.190. The Morgan fingerprint density at radius 2 is 1.58 bits per heavy atom. The van der Waals surface area contributed by atoms with Crippen molar-refractivity contribution in [2.24, 2.45) is 0 Å². The van der Waals surface area contributed by atoms with Crippen LogP contribution in [0.25, 0.3) is 0 Å². The third-order valence-corrected chi connectivity index (χ3v) is 2.51. The standard InChI is InChI=1S/C10H9F6NOS/c11-9(12,13)6-18-17-5-7-1-3-8(4-2-7)19-10(14,15)16/h1-4,17H,5-6H2. The molecule has 0 heterocycles. The molecule has 0 aliphatic heterocycles. The van der Waals surface area contributed by atoms with E-state index in [2.05, 4.69) is 10.3 Å². The number of thioether (sulfide) groups is 1. The molecule has 0 radical (unpaired) electrons. The summed E-state index contributed by atoms with van der Waals surface area (Å²) in [4.78, 5) is 4.16. The second kappa shape index (κ2) is 6.49. The molecule has 0 aromatic heterocycles. The Morgan fingerprint density at radius 3 is 2.05 bits per heavy atom. The Bertz CT molecular complexity index is 388. The fourth-order valence-electron chi connectivity index (χ4n) is 1.08. The molecule has 0 spiro atoms. The number of alkyl halides is 6. The largest absolute Gasteiger partial charge is 0.446 e. The van der Waals surface area contributed by atoms with Gasteiger partial charge in [-0.3, -0.25) is 4.84 Å². The van der Waals surface area contributed by atoms with Crippen molar-refractivity contribution < 1.29 is 31.2 Å². The number of rotatable bonds is 5. The van der Waals surface area contributed by atoms with E-state index in [1.165, 1.54) is 24.3 Å². The van der Waals surface area contributed by atoms with Crippen LogP contribution in [0.15, 0.2) is 29.2 Å². The van der Waals surface area contributed by atoms with Crippen molar-refractivity contribution in [1.29, 1.82) is 0 Å². The van der Waals surface area contributed by atoms with Crippen molar-refractivity contribution in [2.45, 2.75) is 23.1 Å². The molecule has 0 aliphatic carbocycles. The number of hydroxylamine groups is 1. The molecule has 0 aliphatic rings. The van der Waals surface area contributed by atoms with Crippen LogP contribution in [0.3, 0.4) is 0 Å². The van der Waals surface area contributed by atoms with Gasteiger partial charge in [0.1, 0.15) is 0 Å². The van der Waals surface area contributed by atoms with Crippen molar-refractivity contribution >= 4 is 11.8 Å². The smallest absolute Gasteiger partial charge is 0.292 e. The molecule has 0 unspecified atom stereocenters. The summed E-state index contributed by atoms with van der Waals surface area (Å²) in [6, 6.07) is 5.22. The quantitative estimate of drug-likeness (QED) is 0.386. The van der Waals surface area contributed by atoms with Crippen molar-refractivity contribution in [1.82, 2.24) is 5.48 Å². The Morgan fingerprint density at radius 1 is 1.00 bits per heavy atom. The zero-order valence-corrected chi connectivity index (χ0v) is 10.1. The number of hydrogen-bond acceptors (Lipinski definition) is 3. The molecule has 1 aromatic rings. The van der Waals surface area contributed by atoms with E-state index >= 15 is 0 Å². The maximum absolute atomic E-state index is 12.0. The summed E-state index contributed by atoms with van der Waals surface area (Å²) in [7, 11) is 0. The Hall–Kier alpha value is -0.930. The van der Waals surface area contributed by atoms with E-state index in [9.17, 15) is 26.3 Å². The molecule has 0 amide bonds. The van der Waals surface area contributed by atoms with Gasteiger partial charge in [-0.15, -0.1) is 0 Å². The summed E-state index contributed by atoms with van der Waals surface area (Å²) >= 11 is -0.259. The number of halogens is 6. The normalized spacial score (nSPS) is 12.7. The molecule has 0 atom stereocenters. The van der Waals surface area contributed by atoms with Crippen molar-refractivity contribution in [2.75, 3.05) is 6.61 Å². The summed E-state index contributed by atoms with van der Waals surface area (Å²) in [6.45, 7) is -1.47. The highest BCUT2D eigenvalue weighted by Gasteiger charge is 2.29. The van der Waals surface area contributed by atoms with Crippen LogP contribution in [-0.4, -0.2) is 18.3 Å². The van der Waals surface area contributed by atoms with Gasteiger partial charge in [-0.05, 0) is 29.5 Å². The van der Waals surface area contributed by atoms with E-state index in [1.54, 1.807) is 0 Å². The second-order valence-electron chi connectivity index (χ2n) is 3.42. The van der Waals surface area contributed by atoms with E-state index < -0.39 is 18.3 Å². The molecule has 0 saturated carbocycles. The highest BCUT2D eigenvalue weighted by molar-refractivity contribution is 8.00. The number of benzene rings is 1. The van der Waals surface area contributed by atoms with Crippen LogP contribution in [-0.2, 0) is 11.4 Å². The van der Waals surface area contributed by atoms with Crippen LogP contribution in [0.4, 0.5) is 26.3 Å². The summed E-state index contributed by atoms with van der Waals surface area (Å²) < 4.78 is 71.2. The van der Waals surface area contributed by atoms with Gasteiger partial charge >= 0.3 is 11.7 Å². The van der Waals surface area contributed by atoms with Gasteiger partial charge in [0.25, 0.3) is 0 Å². The third kappa shape index (κ3) is 7.96. The maximum atomic E-state index is 12.0. The summed E-state index contributed by atoms with van der Waals surface area (Å²) in [5.74, 6) is 0. The zero-order valence-electron chi connectivity index (χ0n) is 9.31. The molecule has 19 heavy (non-hydrogen) atoms.